The molecular formula is C13H19NO3S. The Morgan fingerprint density at radius 1 is 1.22 bits per heavy atom. The fourth-order valence-corrected chi connectivity index (χ4v) is 3.00. The van der Waals surface area contributed by atoms with Gasteiger partial charge in [-0.05, 0) is 43.0 Å². The minimum atomic E-state index is -3.33. The van der Waals surface area contributed by atoms with Crippen molar-refractivity contribution >= 4 is 15.5 Å². The number of benzene rings is 1. The van der Waals surface area contributed by atoms with Crippen LogP contribution in [0.5, 0.6) is 0 Å². The molecule has 0 saturated heterocycles. The first kappa shape index (κ1) is 13.4. The van der Waals surface area contributed by atoms with E-state index in [1.54, 1.807) is 24.3 Å². The monoisotopic (exact) mass is 269 g/mol. The molecule has 1 saturated carbocycles. The fraction of sp³-hybridized carbons (Fsp3) is 0.538. The average molecular weight is 269 g/mol. The molecule has 1 aliphatic carbocycles. The summed E-state index contributed by atoms with van der Waals surface area (Å²) >= 11 is 0. The summed E-state index contributed by atoms with van der Waals surface area (Å²) in [6, 6.07) is 6.74. The number of rotatable bonds is 6. The minimum absolute atomic E-state index is 0.220. The van der Waals surface area contributed by atoms with E-state index >= 15 is 0 Å². The zero-order chi connectivity index (χ0) is 13.0. The Bertz CT molecular complexity index is 477. The standard InChI is InChI=1S/C13H19NO3S/c15-8-9-18(16,17)13-6-4-12(5-7-13)14-10-11-2-1-3-11/h4-7,11,14-15H,1-3,8-10H2. The predicted molar refractivity (Wildman–Crippen MR) is 71.4 cm³/mol. The second-order valence-corrected chi connectivity index (χ2v) is 6.85. The maximum atomic E-state index is 11.7. The maximum Gasteiger partial charge on any atom is 0.180 e. The first-order valence-electron chi connectivity index (χ1n) is 6.29. The summed E-state index contributed by atoms with van der Waals surface area (Å²) in [5.41, 5.74) is 0.949. The van der Waals surface area contributed by atoms with Gasteiger partial charge in [-0.3, -0.25) is 0 Å². The van der Waals surface area contributed by atoms with Crippen LogP contribution in [0.1, 0.15) is 19.3 Å². The van der Waals surface area contributed by atoms with Crippen LogP contribution in [0.15, 0.2) is 29.2 Å². The highest BCUT2D eigenvalue weighted by Crippen LogP contribution is 2.26. The van der Waals surface area contributed by atoms with Crippen molar-refractivity contribution in [2.75, 3.05) is 24.2 Å². The van der Waals surface area contributed by atoms with E-state index in [-0.39, 0.29) is 17.3 Å². The second kappa shape index (κ2) is 5.71. The van der Waals surface area contributed by atoms with Gasteiger partial charge in [0, 0.05) is 12.2 Å². The number of aliphatic hydroxyl groups excluding tert-OH is 1. The molecule has 0 heterocycles. The molecule has 1 fully saturated rings. The third-order valence-electron chi connectivity index (χ3n) is 3.39. The number of nitrogens with one attached hydrogen (secondary N) is 1. The summed E-state index contributed by atoms with van der Waals surface area (Å²) < 4.78 is 23.4. The van der Waals surface area contributed by atoms with Crippen molar-refractivity contribution < 1.29 is 13.5 Å². The van der Waals surface area contributed by atoms with E-state index in [9.17, 15) is 8.42 Å². The lowest BCUT2D eigenvalue weighted by molar-refractivity contribution is 0.319. The van der Waals surface area contributed by atoms with Gasteiger partial charge in [0.1, 0.15) is 0 Å². The van der Waals surface area contributed by atoms with E-state index in [0.717, 1.165) is 18.2 Å². The normalized spacial score (nSPS) is 16.3. The number of aliphatic hydroxyl groups is 1. The van der Waals surface area contributed by atoms with Crippen LogP contribution in [0.3, 0.4) is 0 Å². The zero-order valence-electron chi connectivity index (χ0n) is 10.3. The largest absolute Gasteiger partial charge is 0.395 e. The zero-order valence-corrected chi connectivity index (χ0v) is 11.1. The fourth-order valence-electron chi connectivity index (χ4n) is 1.98. The smallest absolute Gasteiger partial charge is 0.180 e. The van der Waals surface area contributed by atoms with E-state index in [2.05, 4.69) is 5.32 Å². The van der Waals surface area contributed by atoms with Crippen molar-refractivity contribution in [3.63, 3.8) is 0 Å². The molecular weight excluding hydrogens is 250 g/mol. The molecule has 2 N–H and O–H groups in total. The van der Waals surface area contributed by atoms with Gasteiger partial charge in [-0.2, -0.15) is 0 Å². The van der Waals surface area contributed by atoms with Crippen LogP contribution in [-0.2, 0) is 9.84 Å². The molecule has 0 amide bonds. The molecule has 0 unspecified atom stereocenters. The van der Waals surface area contributed by atoms with E-state index < -0.39 is 9.84 Å². The Hall–Kier alpha value is -1.07. The summed E-state index contributed by atoms with van der Waals surface area (Å²) in [6.45, 7) is 0.618. The average Bonchev–Trinajstić information content (AvgIpc) is 2.27. The van der Waals surface area contributed by atoms with E-state index in [4.69, 9.17) is 5.11 Å². The summed E-state index contributed by atoms with van der Waals surface area (Å²) in [5.74, 6) is 0.546. The molecule has 4 nitrogen and oxygen atoms in total. The molecule has 0 radical (unpaired) electrons. The molecule has 0 aliphatic heterocycles. The Balaban J connectivity index is 1.96. The molecule has 18 heavy (non-hydrogen) atoms. The molecule has 1 aromatic carbocycles. The molecule has 0 aromatic heterocycles. The minimum Gasteiger partial charge on any atom is -0.395 e. The predicted octanol–water partition coefficient (Wildman–Crippen LogP) is 1.66. The molecule has 5 heteroatoms. The van der Waals surface area contributed by atoms with Gasteiger partial charge < -0.3 is 10.4 Å². The van der Waals surface area contributed by atoms with Gasteiger partial charge in [-0.25, -0.2) is 8.42 Å². The van der Waals surface area contributed by atoms with E-state index in [1.807, 2.05) is 0 Å². The van der Waals surface area contributed by atoms with Gasteiger partial charge in [0.15, 0.2) is 9.84 Å². The van der Waals surface area contributed by atoms with Crippen molar-refractivity contribution in [3.8, 4) is 0 Å². The highest BCUT2D eigenvalue weighted by atomic mass is 32.2. The number of hydrogen-bond acceptors (Lipinski definition) is 4. The van der Waals surface area contributed by atoms with Crippen LogP contribution in [0.25, 0.3) is 0 Å². The number of hydrogen-bond donors (Lipinski definition) is 2. The summed E-state index contributed by atoms with van der Waals surface area (Å²) in [6.07, 6.45) is 3.90. The van der Waals surface area contributed by atoms with Gasteiger partial charge in [0.2, 0.25) is 0 Å². The molecule has 100 valence electrons. The number of anilines is 1. The lowest BCUT2D eigenvalue weighted by Gasteiger charge is -2.25. The van der Waals surface area contributed by atoms with E-state index in [1.165, 1.54) is 19.3 Å². The summed E-state index contributed by atoms with van der Waals surface area (Å²) in [7, 11) is -3.33. The first-order valence-corrected chi connectivity index (χ1v) is 7.94. The van der Waals surface area contributed by atoms with Crippen molar-refractivity contribution in [1.29, 1.82) is 0 Å². The first-order chi connectivity index (χ1) is 8.62. The Labute approximate surface area is 108 Å². The highest BCUT2D eigenvalue weighted by molar-refractivity contribution is 7.91. The van der Waals surface area contributed by atoms with Gasteiger partial charge in [-0.15, -0.1) is 0 Å². The van der Waals surface area contributed by atoms with Gasteiger partial charge in [0.05, 0.1) is 17.3 Å². The highest BCUT2D eigenvalue weighted by Gasteiger charge is 2.17. The second-order valence-electron chi connectivity index (χ2n) is 4.74. The van der Waals surface area contributed by atoms with Gasteiger partial charge >= 0.3 is 0 Å². The van der Waals surface area contributed by atoms with Crippen molar-refractivity contribution in [2.24, 2.45) is 5.92 Å². The quantitative estimate of drug-likeness (QED) is 0.824. The summed E-state index contributed by atoms with van der Waals surface area (Å²) in [4.78, 5) is 0.269. The van der Waals surface area contributed by atoms with Crippen LogP contribution < -0.4 is 5.32 Å². The van der Waals surface area contributed by atoms with Crippen molar-refractivity contribution in [3.05, 3.63) is 24.3 Å². The lowest BCUT2D eigenvalue weighted by Crippen LogP contribution is -2.20. The molecule has 2 rings (SSSR count). The molecule has 0 spiro atoms. The molecule has 1 aromatic rings. The van der Waals surface area contributed by atoms with Crippen LogP contribution in [0.4, 0.5) is 5.69 Å². The Kier molecular flexibility index (Phi) is 4.24. The van der Waals surface area contributed by atoms with Crippen LogP contribution in [0, 0.1) is 5.92 Å². The van der Waals surface area contributed by atoms with Crippen molar-refractivity contribution in [2.45, 2.75) is 24.2 Å². The maximum absolute atomic E-state index is 11.7. The molecule has 0 atom stereocenters. The van der Waals surface area contributed by atoms with Crippen LogP contribution >= 0.6 is 0 Å². The topological polar surface area (TPSA) is 66.4 Å². The summed E-state index contributed by atoms with van der Waals surface area (Å²) in [5, 5.41) is 12.0. The van der Waals surface area contributed by atoms with Crippen molar-refractivity contribution in [1.82, 2.24) is 0 Å². The van der Waals surface area contributed by atoms with Gasteiger partial charge in [-0.1, -0.05) is 6.42 Å². The van der Waals surface area contributed by atoms with Crippen LogP contribution in [-0.4, -0.2) is 32.4 Å². The molecule has 1 aliphatic rings. The Morgan fingerprint density at radius 2 is 1.89 bits per heavy atom. The SMILES string of the molecule is O=S(=O)(CCO)c1ccc(NCC2CCC2)cc1. The van der Waals surface area contributed by atoms with E-state index in [0.29, 0.717) is 0 Å². The number of sulfone groups is 1. The van der Waals surface area contributed by atoms with Crippen LogP contribution in [0.2, 0.25) is 0 Å². The lowest BCUT2D eigenvalue weighted by atomic mass is 9.85. The van der Waals surface area contributed by atoms with Gasteiger partial charge in [0.25, 0.3) is 0 Å². The third-order valence-corrected chi connectivity index (χ3v) is 5.10. The Morgan fingerprint density at radius 3 is 2.39 bits per heavy atom. The molecule has 0 bridgehead atoms. The third kappa shape index (κ3) is 3.23.